The van der Waals surface area contributed by atoms with E-state index in [-0.39, 0.29) is 5.78 Å². The smallest absolute Gasteiger partial charge is 0.176 e. The van der Waals surface area contributed by atoms with E-state index >= 15 is 0 Å². The summed E-state index contributed by atoms with van der Waals surface area (Å²) in [6.07, 6.45) is 2.05. The van der Waals surface area contributed by atoms with E-state index in [9.17, 15) is 4.79 Å². The summed E-state index contributed by atoms with van der Waals surface area (Å²) in [5.41, 5.74) is 0.607. The molecule has 0 unspecified atom stereocenters. The quantitative estimate of drug-likeness (QED) is 0.749. The fraction of sp³-hybridized carbons (Fsp3) is 0.417. The van der Waals surface area contributed by atoms with Gasteiger partial charge in [0.25, 0.3) is 0 Å². The van der Waals surface area contributed by atoms with Gasteiger partial charge in [0.1, 0.15) is 0 Å². The van der Waals surface area contributed by atoms with Crippen LogP contribution in [0.2, 0.25) is 10.0 Å². The van der Waals surface area contributed by atoms with Crippen molar-refractivity contribution in [2.75, 3.05) is 32.1 Å². The molecular weight excluding hydrogens is 277 g/mol. The van der Waals surface area contributed by atoms with Gasteiger partial charge in [-0.05, 0) is 31.5 Å². The van der Waals surface area contributed by atoms with Gasteiger partial charge < -0.3 is 0 Å². The van der Waals surface area contributed by atoms with Crippen LogP contribution in [-0.4, -0.2) is 42.8 Å². The molecule has 0 aliphatic carbocycles. The second kappa shape index (κ2) is 7.27. The highest BCUT2D eigenvalue weighted by atomic mass is 35.5. The minimum absolute atomic E-state index is 0.0622. The van der Waals surface area contributed by atoms with Gasteiger partial charge in [0.2, 0.25) is 0 Å². The van der Waals surface area contributed by atoms with E-state index in [1.165, 1.54) is 0 Å². The standard InChI is InChI=1S/C12H15Cl2NOS/c1-15(5-6-17-2)8-12(16)9-3-4-10(13)11(14)7-9/h3-4,7H,5-6,8H2,1-2H3. The molecule has 0 atom stereocenters. The summed E-state index contributed by atoms with van der Waals surface area (Å²) in [7, 11) is 1.94. The Kier molecular flexibility index (Phi) is 6.34. The van der Waals surface area contributed by atoms with Crippen molar-refractivity contribution in [3.63, 3.8) is 0 Å². The number of carbonyl (C=O) groups excluding carboxylic acids is 1. The molecule has 0 heterocycles. The Labute approximate surface area is 116 Å². The Morgan fingerprint density at radius 3 is 2.65 bits per heavy atom. The summed E-state index contributed by atoms with van der Waals surface area (Å²) in [6.45, 7) is 1.30. The van der Waals surface area contributed by atoms with Gasteiger partial charge in [0, 0.05) is 17.9 Å². The second-order valence-corrected chi connectivity index (χ2v) is 5.58. The van der Waals surface area contributed by atoms with Crippen molar-refractivity contribution in [2.45, 2.75) is 0 Å². The predicted molar refractivity (Wildman–Crippen MR) is 76.7 cm³/mol. The van der Waals surface area contributed by atoms with E-state index in [1.807, 2.05) is 11.9 Å². The van der Waals surface area contributed by atoms with Gasteiger partial charge in [-0.2, -0.15) is 11.8 Å². The van der Waals surface area contributed by atoms with Crippen LogP contribution in [0.15, 0.2) is 18.2 Å². The van der Waals surface area contributed by atoms with Crippen LogP contribution in [0, 0.1) is 0 Å². The minimum atomic E-state index is 0.0622. The fourth-order valence-electron chi connectivity index (χ4n) is 1.33. The highest BCUT2D eigenvalue weighted by Crippen LogP contribution is 2.22. The van der Waals surface area contributed by atoms with Crippen LogP contribution < -0.4 is 0 Å². The lowest BCUT2D eigenvalue weighted by molar-refractivity contribution is 0.0949. The Hall–Kier alpha value is -0.220. The number of likely N-dealkylation sites (N-methyl/N-ethyl adjacent to an activating group) is 1. The van der Waals surface area contributed by atoms with Crippen molar-refractivity contribution in [1.29, 1.82) is 0 Å². The third kappa shape index (κ3) is 4.88. The average molecular weight is 292 g/mol. The predicted octanol–water partition coefficient (Wildman–Crippen LogP) is 3.47. The van der Waals surface area contributed by atoms with Crippen molar-refractivity contribution in [1.82, 2.24) is 4.90 Å². The Balaban J connectivity index is 2.60. The molecule has 0 radical (unpaired) electrons. The van der Waals surface area contributed by atoms with Crippen LogP contribution in [-0.2, 0) is 0 Å². The molecular formula is C12H15Cl2NOS. The largest absolute Gasteiger partial charge is 0.298 e. The molecule has 0 amide bonds. The topological polar surface area (TPSA) is 20.3 Å². The zero-order chi connectivity index (χ0) is 12.8. The van der Waals surface area contributed by atoms with E-state index in [0.717, 1.165) is 12.3 Å². The number of rotatable bonds is 6. The number of benzene rings is 1. The summed E-state index contributed by atoms with van der Waals surface area (Å²) in [4.78, 5) is 13.9. The lowest BCUT2D eigenvalue weighted by Gasteiger charge is -2.14. The van der Waals surface area contributed by atoms with Gasteiger partial charge in [0.05, 0.1) is 16.6 Å². The average Bonchev–Trinajstić information content (AvgIpc) is 2.30. The highest BCUT2D eigenvalue weighted by molar-refractivity contribution is 7.98. The fourth-order valence-corrected chi connectivity index (χ4v) is 2.12. The maximum atomic E-state index is 11.9. The van der Waals surface area contributed by atoms with E-state index < -0.39 is 0 Å². The molecule has 1 aromatic rings. The van der Waals surface area contributed by atoms with Gasteiger partial charge in [0.15, 0.2) is 5.78 Å². The maximum Gasteiger partial charge on any atom is 0.176 e. The molecule has 0 bridgehead atoms. The number of ketones is 1. The summed E-state index contributed by atoms with van der Waals surface area (Å²) in [5.74, 6) is 1.08. The van der Waals surface area contributed by atoms with E-state index in [1.54, 1.807) is 30.0 Å². The number of thioether (sulfide) groups is 1. The number of halogens is 2. The molecule has 17 heavy (non-hydrogen) atoms. The van der Waals surface area contributed by atoms with Crippen LogP contribution >= 0.6 is 35.0 Å². The van der Waals surface area contributed by atoms with E-state index in [2.05, 4.69) is 6.26 Å². The molecule has 0 aliphatic rings. The molecule has 94 valence electrons. The van der Waals surface area contributed by atoms with Crippen molar-refractivity contribution >= 4 is 40.7 Å². The van der Waals surface area contributed by atoms with Crippen molar-refractivity contribution in [2.24, 2.45) is 0 Å². The van der Waals surface area contributed by atoms with Crippen LogP contribution in [0.25, 0.3) is 0 Å². The van der Waals surface area contributed by atoms with Gasteiger partial charge in [-0.3, -0.25) is 9.69 Å². The lowest BCUT2D eigenvalue weighted by atomic mass is 10.1. The molecule has 2 nitrogen and oxygen atoms in total. The summed E-state index contributed by atoms with van der Waals surface area (Å²) >= 11 is 13.4. The number of Topliss-reactive ketones (excluding diaryl/α,β-unsaturated/α-hetero) is 1. The second-order valence-electron chi connectivity index (χ2n) is 3.78. The van der Waals surface area contributed by atoms with Gasteiger partial charge in [-0.15, -0.1) is 0 Å². The number of hydrogen-bond donors (Lipinski definition) is 0. The first-order valence-electron chi connectivity index (χ1n) is 5.20. The molecule has 0 saturated carbocycles. The van der Waals surface area contributed by atoms with Gasteiger partial charge >= 0.3 is 0 Å². The third-order valence-corrected chi connectivity index (χ3v) is 3.66. The first-order valence-corrected chi connectivity index (χ1v) is 7.35. The van der Waals surface area contributed by atoms with Gasteiger partial charge in [-0.1, -0.05) is 23.2 Å². The summed E-state index contributed by atoms with van der Waals surface area (Å²) in [6, 6.07) is 4.98. The molecule has 1 aromatic carbocycles. The molecule has 1 rings (SSSR count). The van der Waals surface area contributed by atoms with Gasteiger partial charge in [-0.25, -0.2) is 0 Å². The molecule has 0 saturated heterocycles. The lowest BCUT2D eigenvalue weighted by Crippen LogP contribution is -2.28. The maximum absolute atomic E-state index is 11.9. The minimum Gasteiger partial charge on any atom is -0.298 e. The molecule has 0 fully saturated rings. The first kappa shape index (κ1) is 14.8. The van der Waals surface area contributed by atoms with Crippen LogP contribution in [0.4, 0.5) is 0 Å². The van der Waals surface area contributed by atoms with Crippen LogP contribution in [0.3, 0.4) is 0 Å². The van der Waals surface area contributed by atoms with E-state index in [0.29, 0.717) is 22.2 Å². The zero-order valence-electron chi connectivity index (χ0n) is 9.87. The normalized spacial score (nSPS) is 10.9. The SMILES string of the molecule is CSCCN(C)CC(=O)c1ccc(Cl)c(Cl)c1. The monoisotopic (exact) mass is 291 g/mol. The van der Waals surface area contributed by atoms with E-state index in [4.69, 9.17) is 23.2 Å². The molecule has 0 aliphatic heterocycles. The molecule has 0 aromatic heterocycles. The Morgan fingerprint density at radius 2 is 2.06 bits per heavy atom. The number of hydrogen-bond acceptors (Lipinski definition) is 3. The Bertz CT molecular complexity index is 398. The molecule has 5 heteroatoms. The van der Waals surface area contributed by atoms with Crippen LogP contribution in [0.5, 0.6) is 0 Å². The first-order chi connectivity index (χ1) is 8.04. The molecule has 0 spiro atoms. The zero-order valence-corrected chi connectivity index (χ0v) is 12.2. The van der Waals surface area contributed by atoms with Crippen molar-refractivity contribution in [3.05, 3.63) is 33.8 Å². The number of carbonyl (C=O) groups is 1. The molecule has 0 N–H and O–H groups in total. The van der Waals surface area contributed by atoms with Crippen molar-refractivity contribution in [3.8, 4) is 0 Å². The Morgan fingerprint density at radius 1 is 1.35 bits per heavy atom. The number of nitrogens with zero attached hydrogens (tertiary/aromatic N) is 1. The summed E-state index contributed by atoms with van der Waals surface area (Å²) < 4.78 is 0. The van der Waals surface area contributed by atoms with Crippen molar-refractivity contribution < 1.29 is 4.79 Å². The third-order valence-electron chi connectivity index (χ3n) is 2.33. The highest BCUT2D eigenvalue weighted by Gasteiger charge is 2.10. The summed E-state index contributed by atoms with van der Waals surface area (Å²) in [5, 5.41) is 0.892. The van der Waals surface area contributed by atoms with Crippen LogP contribution in [0.1, 0.15) is 10.4 Å².